The summed E-state index contributed by atoms with van der Waals surface area (Å²) in [5.74, 6) is 2.79. The first kappa shape index (κ1) is 22.2. The van der Waals surface area contributed by atoms with E-state index in [1.54, 1.807) is 17.5 Å². The van der Waals surface area contributed by atoms with Crippen molar-refractivity contribution in [3.63, 3.8) is 0 Å². The van der Waals surface area contributed by atoms with Crippen molar-refractivity contribution in [3.8, 4) is 23.8 Å². The number of sulfone groups is 1. The second-order valence-corrected chi connectivity index (χ2v) is 10.3. The Balaban J connectivity index is 1.76. The van der Waals surface area contributed by atoms with Gasteiger partial charge in [0.1, 0.15) is 11.5 Å². The van der Waals surface area contributed by atoms with Crippen molar-refractivity contribution >= 4 is 44.4 Å². The lowest BCUT2D eigenvalue weighted by molar-refractivity contribution is -0.116. The number of benzene rings is 2. The van der Waals surface area contributed by atoms with Crippen molar-refractivity contribution in [1.29, 1.82) is 0 Å². The van der Waals surface area contributed by atoms with Gasteiger partial charge in [0.2, 0.25) is 15.7 Å². The number of rotatable bonds is 6. The van der Waals surface area contributed by atoms with Gasteiger partial charge in [-0.3, -0.25) is 4.79 Å². The zero-order chi connectivity index (χ0) is 22.9. The molecule has 4 rings (SSSR count). The molecule has 1 N–H and O–H groups in total. The zero-order valence-electron chi connectivity index (χ0n) is 16.9. The van der Waals surface area contributed by atoms with Gasteiger partial charge in [-0.15, -0.1) is 17.8 Å². The number of terminal acetylenes is 1. The van der Waals surface area contributed by atoms with Crippen molar-refractivity contribution in [1.82, 2.24) is 0 Å². The minimum Gasteiger partial charge on any atom is -0.493 e. The fourth-order valence-electron chi connectivity index (χ4n) is 3.55. The number of fused-ring (bicyclic) bond motifs is 1. The molecule has 0 radical (unpaired) electrons. The summed E-state index contributed by atoms with van der Waals surface area (Å²) in [6.45, 7) is 0.0997. The maximum Gasteiger partial charge on any atom is 0.225 e. The molecule has 32 heavy (non-hydrogen) atoms. The van der Waals surface area contributed by atoms with Crippen LogP contribution in [0.3, 0.4) is 0 Å². The van der Waals surface area contributed by atoms with Gasteiger partial charge in [0.05, 0.1) is 17.7 Å². The third-order valence-electron chi connectivity index (χ3n) is 5.07. The summed E-state index contributed by atoms with van der Waals surface area (Å²) in [5.41, 5.74) is 1.13. The molecule has 1 unspecified atom stereocenters. The van der Waals surface area contributed by atoms with Crippen molar-refractivity contribution in [3.05, 3.63) is 63.3 Å². The maximum absolute atomic E-state index is 13.2. The summed E-state index contributed by atoms with van der Waals surface area (Å²) in [6, 6.07) is 11.3. The molecular formula is C23H18ClNO5S2. The van der Waals surface area contributed by atoms with Crippen LogP contribution in [-0.4, -0.2) is 28.0 Å². The lowest BCUT2D eigenvalue weighted by Gasteiger charge is -2.24. The smallest absolute Gasteiger partial charge is 0.225 e. The van der Waals surface area contributed by atoms with Crippen LogP contribution < -0.4 is 14.8 Å². The highest BCUT2D eigenvalue weighted by atomic mass is 35.5. The van der Waals surface area contributed by atoms with Gasteiger partial charge in [0.25, 0.3) is 0 Å². The van der Waals surface area contributed by atoms with E-state index in [1.165, 1.54) is 42.7 Å². The van der Waals surface area contributed by atoms with Gasteiger partial charge in [0, 0.05) is 27.6 Å². The molecule has 1 aliphatic rings. The lowest BCUT2D eigenvalue weighted by atomic mass is 9.90. The highest BCUT2D eigenvalue weighted by Crippen LogP contribution is 2.47. The van der Waals surface area contributed by atoms with Crippen LogP contribution in [0.15, 0.2) is 57.6 Å². The molecule has 0 bridgehead atoms. The summed E-state index contributed by atoms with van der Waals surface area (Å²) >= 11 is 7.19. The van der Waals surface area contributed by atoms with Crippen LogP contribution in [0.25, 0.3) is 0 Å². The number of anilines is 1. The van der Waals surface area contributed by atoms with Crippen LogP contribution in [-0.2, 0) is 14.6 Å². The number of methoxy groups -OCH3 is 1. The van der Waals surface area contributed by atoms with Gasteiger partial charge in [-0.05, 0) is 42.0 Å². The minimum absolute atomic E-state index is 0.0683. The molecule has 2 aromatic carbocycles. The average molecular weight is 488 g/mol. The molecule has 0 saturated heterocycles. The number of ether oxygens (including phenoxy) is 2. The van der Waals surface area contributed by atoms with Crippen molar-refractivity contribution < 1.29 is 22.7 Å². The molecule has 6 nitrogen and oxygen atoms in total. The molecule has 9 heteroatoms. The van der Waals surface area contributed by atoms with Crippen LogP contribution in [0.4, 0.5) is 5.69 Å². The molecule has 1 atom stereocenters. The predicted octanol–water partition coefficient (Wildman–Crippen LogP) is 4.73. The van der Waals surface area contributed by atoms with Crippen LogP contribution in [0.1, 0.15) is 22.8 Å². The number of halogens is 1. The van der Waals surface area contributed by atoms with Crippen LogP contribution in [0.5, 0.6) is 11.5 Å². The van der Waals surface area contributed by atoms with E-state index in [4.69, 9.17) is 27.5 Å². The number of hydrogen-bond donors (Lipinski definition) is 1. The number of thiophene rings is 1. The number of carbonyl (C=O) groups excluding carboxylic acids is 1. The number of hydrogen-bond acceptors (Lipinski definition) is 6. The molecule has 0 aliphatic carbocycles. The molecule has 1 amide bonds. The zero-order valence-corrected chi connectivity index (χ0v) is 19.3. The van der Waals surface area contributed by atoms with E-state index in [0.29, 0.717) is 22.2 Å². The van der Waals surface area contributed by atoms with E-state index < -0.39 is 9.84 Å². The fourth-order valence-corrected chi connectivity index (χ4v) is 6.59. The quantitative estimate of drug-likeness (QED) is 0.508. The molecule has 164 valence electrons. The normalized spacial score (nSPS) is 15.4. The molecule has 1 aliphatic heterocycles. The molecular weight excluding hydrogens is 470 g/mol. The number of amides is 1. The second-order valence-electron chi connectivity index (χ2n) is 7.00. The van der Waals surface area contributed by atoms with Crippen LogP contribution >= 0.6 is 22.9 Å². The minimum atomic E-state index is -3.84. The molecule has 0 fully saturated rings. The third-order valence-corrected chi connectivity index (χ3v) is 8.36. The Hall–Kier alpha value is -2.99. The Morgan fingerprint density at radius 2 is 1.97 bits per heavy atom. The van der Waals surface area contributed by atoms with E-state index in [2.05, 4.69) is 11.2 Å². The van der Waals surface area contributed by atoms with E-state index in [0.717, 1.165) is 10.4 Å². The largest absolute Gasteiger partial charge is 0.493 e. The van der Waals surface area contributed by atoms with E-state index in [1.807, 2.05) is 6.07 Å². The van der Waals surface area contributed by atoms with Gasteiger partial charge in [-0.25, -0.2) is 8.42 Å². The summed E-state index contributed by atoms with van der Waals surface area (Å²) in [6.07, 6.45) is 5.44. The fraction of sp³-hybridized carbons (Fsp3) is 0.174. The number of carbonyl (C=O) groups is 1. The highest BCUT2D eigenvalue weighted by Gasteiger charge is 2.34. The Morgan fingerprint density at radius 3 is 2.66 bits per heavy atom. The van der Waals surface area contributed by atoms with E-state index in [9.17, 15) is 13.2 Å². The van der Waals surface area contributed by atoms with Crippen LogP contribution in [0.2, 0.25) is 5.02 Å². The topological polar surface area (TPSA) is 81.7 Å². The Bertz CT molecular complexity index is 1320. The van der Waals surface area contributed by atoms with Crippen LogP contribution in [0, 0.1) is 12.3 Å². The monoisotopic (exact) mass is 487 g/mol. The summed E-state index contributed by atoms with van der Waals surface area (Å²) in [7, 11) is -2.32. The van der Waals surface area contributed by atoms with Crippen molar-refractivity contribution in [2.45, 2.75) is 22.1 Å². The first-order valence-electron chi connectivity index (χ1n) is 9.51. The summed E-state index contributed by atoms with van der Waals surface area (Å²) in [4.78, 5) is 13.5. The molecule has 2 heterocycles. The van der Waals surface area contributed by atoms with E-state index in [-0.39, 0.29) is 34.6 Å². The predicted molar refractivity (Wildman–Crippen MR) is 124 cm³/mol. The van der Waals surface area contributed by atoms with Gasteiger partial charge < -0.3 is 14.8 Å². The second kappa shape index (κ2) is 8.87. The highest BCUT2D eigenvalue weighted by molar-refractivity contribution is 7.91. The molecule has 0 saturated carbocycles. The molecule has 0 spiro atoms. The average Bonchev–Trinajstić information content (AvgIpc) is 3.22. The Kier molecular flexibility index (Phi) is 6.15. The standard InChI is InChI=1S/C23H18ClNO5S2/c1-3-10-30-18-9-4-14(11-19(18)29-2)17-12-21(26)25-22-20(13-31-23(17)22)32(27,28)16-7-5-15(24)6-8-16/h1,4-9,11,13,17H,10,12H2,2H3,(H,25,26). The first-order valence-corrected chi connectivity index (χ1v) is 12.2. The Labute approximate surface area is 195 Å². The summed E-state index contributed by atoms with van der Waals surface area (Å²) in [5, 5.41) is 4.75. The van der Waals surface area contributed by atoms with Gasteiger partial charge >= 0.3 is 0 Å². The Morgan fingerprint density at radius 1 is 1.22 bits per heavy atom. The maximum atomic E-state index is 13.2. The van der Waals surface area contributed by atoms with Gasteiger partial charge in [-0.1, -0.05) is 23.6 Å². The molecule has 3 aromatic rings. The third kappa shape index (κ3) is 4.07. The van der Waals surface area contributed by atoms with Crippen molar-refractivity contribution in [2.24, 2.45) is 0 Å². The lowest BCUT2D eigenvalue weighted by Crippen LogP contribution is -2.23. The number of nitrogens with one attached hydrogen (secondary N) is 1. The molecule has 1 aromatic heterocycles. The van der Waals surface area contributed by atoms with Gasteiger partial charge in [0.15, 0.2) is 11.5 Å². The first-order chi connectivity index (χ1) is 15.3. The van der Waals surface area contributed by atoms with Gasteiger partial charge in [-0.2, -0.15) is 0 Å². The summed E-state index contributed by atoms with van der Waals surface area (Å²) < 4.78 is 37.4. The van der Waals surface area contributed by atoms with Crippen molar-refractivity contribution in [2.75, 3.05) is 19.0 Å². The SMILES string of the molecule is C#CCOc1ccc(C2CC(=O)Nc3c(S(=O)(=O)c4ccc(Cl)cc4)csc32)cc1OC. The van der Waals surface area contributed by atoms with E-state index >= 15 is 0 Å².